The summed E-state index contributed by atoms with van der Waals surface area (Å²) >= 11 is 1.49. The van der Waals surface area contributed by atoms with Gasteiger partial charge in [-0.2, -0.15) is 0 Å². The van der Waals surface area contributed by atoms with Crippen molar-refractivity contribution < 1.29 is 17.9 Å². The van der Waals surface area contributed by atoms with Gasteiger partial charge in [-0.15, -0.1) is 13.2 Å². The summed E-state index contributed by atoms with van der Waals surface area (Å²) < 4.78 is 42.4. The average Bonchev–Trinajstić information content (AvgIpc) is 2.28. The molecule has 0 saturated carbocycles. The monoisotopic (exact) mass is 277 g/mol. The Morgan fingerprint density at radius 2 is 1.83 bits per heavy atom. The molecule has 6 heteroatoms. The Morgan fingerprint density at radius 3 is 2.50 bits per heavy atom. The molecule has 1 aromatic rings. The van der Waals surface area contributed by atoms with Crippen LogP contribution >= 0.6 is 11.9 Å². The maximum Gasteiger partial charge on any atom is 0.573 e. The zero-order chi connectivity index (χ0) is 13.0. The fourth-order valence-electron chi connectivity index (χ4n) is 1.83. The molecule has 1 saturated heterocycles. The fraction of sp³-hybridized carbons (Fsp3) is 0.500. The van der Waals surface area contributed by atoms with Crippen LogP contribution in [0, 0.1) is 0 Å². The molecule has 1 aliphatic heterocycles. The number of hydrogen-bond acceptors (Lipinski definition) is 3. The highest BCUT2D eigenvalue weighted by Gasteiger charge is 2.31. The van der Waals surface area contributed by atoms with Crippen LogP contribution < -0.4 is 4.74 Å². The van der Waals surface area contributed by atoms with Gasteiger partial charge in [0.1, 0.15) is 5.75 Å². The van der Waals surface area contributed by atoms with E-state index in [1.165, 1.54) is 30.5 Å². The zero-order valence-corrected chi connectivity index (χ0v) is 10.6. The van der Waals surface area contributed by atoms with E-state index in [9.17, 15) is 13.2 Å². The highest BCUT2D eigenvalue weighted by Crippen LogP contribution is 2.30. The van der Waals surface area contributed by atoms with E-state index in [0.717, 1.165) is 30.8 Å². The van der Waals surface area contributed by atoms with Crippen LogP contribution in [0.2, 0.25) is 0 Å². The van der Waals surface area contributed by atoms with E-state index in [4.69, 9.17) is 0 Å². The summed E-state index contributed by atoms with van der Waals surface area (Å²) in [5.41, 5.74) is 0. The lowest BCUT2D eigenvalue weighted by Crippen LogP contribution is -2.22. The molecular formula is C12H14F3NOS. The molecule has 0 atom stereocenters. The Balaban J connectivity index is 1.98. The molecular weight excluding hydrogens is 263 g/mol. The van der Waals surface area contributed by atoms with E-state index >= 15 is 0 Å². The van der Waals surface area contributed by atoms with Crippen molar-refractivity contribution in [3.05, 3.63) is 24.3 Å². The van der Waals surface area contributed by atoms with Crippen molar-refractivity contribution >= 4 is 11.9 Å². The standard InChI is InChI=1S/C12H14F3NOS/c13-12(14,15)17-10-5-4-6-11(9-10)18-16-7-2-1-3-8-16/h4-6,9H,1-3,7-8H2. The summed E-state index contributed by atoms with van der Waals surface area (Å²) in [4.78, 5) is 0.777. The van der Waals surface area contributed by atoms with Gasteiger partial charge in [0.15, 0.2) is 0 Å². The Bertz CT molecular complexity index is 391. The smallest absolute Gasteiger partial charge is 0.406 e. The van der Waals surface area contributed by atoms with Gasteiger partial charge in [0, 0.05) is 18.0 Å². The lowest BCUT2D eigenvalue weighted by molar-refractivity contribution is -0.274. The quantitative estimate of drug-likeness (QED) is 0.772. The van der Waals surface area contributed by atoms with E-state index in [2.05, 4.69) is 9.04 Å². The Kier molecular flexibility index (Phi) is 4.40. The zero-order valence-electron chi connectivity index (χ0n) is 9.74. The van der Waals surface area contributed by atoms with Gasteiger partial charge in [-0.25, -0.2) is 4.31 Å². The second-order valence-corrected chi connectivity index (χ2v) is 5.27. The van der Waals surface area contributed by atoms with Gasteiger partial charge < -0.3 is 4.74 Å². The van der Waals surface area contributed by atoms with Gasteiger partial charge in [0.05, 0.1) is 0 Å². The molecule has 0 aromatic heterocycles. The first-order valence-corrected chi connectivity index (χ1v) is 6.59. The molecule has 0 radical (unpaired) electrons. The largest absolute Gasteiger partial charge is 0.573 e. The number of piperidine rings is 1. The predicted molar refractivity (Wildman–Crippen MR) is 64.4 cm³/mol. The maximum atomic E-state index is 12.1. The molecule has 0 N–H and O–H groups in total. The van der Waals surface area contributed by atoms with Crippen LogP contribution in [0.15, 0.2) is 29.2 Å². The normalized spacial score (nSPS) is 17.7. The van der Waals surface area contributed by atoms with Gasteiger partial charge in [0.25, 0.3) is 0 Å². The van der Waals surface area contributed by atoms with Gasteiger partial charge >= 0.3 is 6.36 Å². The number of hydrogen-bond donors (Lipinski definition) is 0. The van der Waals surface area contributed by atoms with Gasteiger partial charge in [-0.05, 0) is 43.0 Å². The minimum absolute atomic E-state index is 0.162. The highest BCUT2D eigenvalue weighted by atomic mass is 32.2. The molecule has 0 amide bonds. The molecule has 1 heterocycles. The number of halogens is 3. The predicted octanol–water partition coefficient (Wildman–Crippen LogP) is 4.08. The summed E-state index contributed by atoms with van der Waals surface area (Å²) in [5, 5.41) is 0. The molecule has 1 aromatic carbocycles. The maximum absolute atomic E-state index is 12.1. The number of alkyl halides is 3. The average molecular weight is 277 g/mol. The second-order valence-electron chi connectivity index (χ2n) is 4.10. The van der Waals surface area contributed by atoms with Crippen molar-refractivity contribution in [3.8, 4) is 5.75 Å². The van der Waals surface area contributed by atoms with Crippen molar-refractivity contribution in [3.63, 3.8) is 0 Å². The first kappa shape index (κ1) is 13.5. The summed E-state index contributed by atoms with van der Waals surface area (Å²) in [5.74, 6) is -0.162. The third-order valence-electron chi connectivity index (χ3n) is 2.59. The van der Waals surface area contributed by atoms with Crippen molar-refractivity contribution in [2.45, 2.75) is 30.5 Å². The van der Waals surface area contributed by atoms with E-state index in [1.54, 1.807) is 12.1 Å². The summed E-state index contributed by atoms with van der Waals surface area (Å²) in [6.07, 6.45) is -1.11. The number of rotatable bonds is 3. The van der Waals surface area contributed by atoms with Gasteiger partial charge in [-0.3, -0.25) is 0 Å². The van der Waals surface area contributed by atoms with Crippen LogP contribution in [-0.4, -0.2) is 23.8 Å². The summed E-state index contributed by atoms with van der Waals surface area (Å²) in [6.45, 7) is 1.96. The van der Waals surface area contributed by atoms with Crippen LogP contribution in [0.4, 0.5) is 13.2 Å². The van der Waals surface area contributed by atoms with E-state index in [0.29, 0.717) is 0 Å². The van der Waals surface area contributed by atoms with Crippen LogP contribution in [0.25, 0.3) is 0 Å². The summed E-state index contributed by atoms with van der Waals surface area (Å²) in [7, 11) is 0. The van der Waals surface area contributed by atoms with E-state index in [1.807, 2.05) is 0 Å². The molecule has 18 heavy (non-hydrogen) atoms. The van der Waals surface area contributed by atoms with Crippen molar-refractivity contribution in [2.75, 3.05) is 13.1 Å². The Labute approximate surface area is 108 Å². The van der Waals surface area contributed by atoms with Crippen molar-refractivity contribution in [2.24, 2.45) is 0 Å². The lowest BCUT2D eigenvalue weighted by atomic mass is 10.2. The number of benzene rings is 1. The molecule has 0 bridgehead atoms. The van der Waals surface area contributed by atoms with Crippen molar-refractivity contribution in [1.82, 2.24) is 4.31 Å². The van der Waals surface area contributed by atoms with Crippen LogP contribution in [-0.2, 0) is 0 Å². The lowest BCUT2D eigenvalue weighted by Gasteiger charge is -2.25. The topological polar surface area (TPSA) is 12.5 Å². The van der Waals surface area contributed by atoms with Crippen LogP contribution in [0.5, 0.6) is 5.75 Å². The van der Waals surface area contributed by atoms with Crippen LogP contribution in [0.1, 0.15) is 19.3 Å². The van der Waals surface area contributed by atoms with E-state index in [-0.39, 0.29) is 5.75 Å². The number of nitrogens with zero attached hydrogens (tertiary/aromatic N) is 1. The third-order valence-corrected chi connectivity index (χ3v) is 3.68. The van der Waals surface area contributed by atoms with Gasteiger partial charge in [-0.1, -0.05) is 12.5 Å². The Hall–Kier alpha value is -0.880. The third kappa shape index (κ3) is 4.42. The molecule has 1 aliphatic rings. The molecule has 0 aliphatic carbocycles. The first-order chi connectivity index (χ1) is 8.53. The highest BCUT2D eigenvalue weighted by molar-refractivity contribution is 7.97. The van der Waals surface area contributed by atoms with E-state index < -0.39 is 6.36 Å². The molecule has 0 unspecified atom stereocenters. The van der Waals surface area contributed by atoms with Gasteiger partial charge in [0.2, 0.25) is 0 Å². The number of ether oxygens (including phenoxy) is 1. The molecule has 1 fully saturated rings. The molecule has 0 spiro atoms. The Morgan fingerprint density at radius 1 is 1.11 bits per heavy atom. The molecule has 2 rings (SSSR count). The second kappa shape index (κ2) is 5.84. The SMILES string of the molecule is FC(F)(F)Oc1cccc(SN2CCCCC2)c1. The minimum Gasteiger partial charge on any atom is -0.406 e. The molecule has 100 valence electrons. The minimum atomic E-state index is -4.63. The van der Waals surface area contributed by atoms with Crippen LogP contribution in [0.3, 0.4) is 0 Å². The summed E-state index contributed by atoms with van der Waals surface area (Å²) in [6, 6.07) is 6.11. The van der Waals surface area contributed by atoms with Crippen molar-refractivity contribution in [1.29, 1.82) is 0 Å². The first-order valence-electron chi connectivity index (χ1n) is 5.82. The fourth-order valence-corrected chi connectivity index (χ4v) is 2.88. The molecule has 2 nitrogen and oxygen atoms in total.